The highest BCUT2D eigenvalue weighted by molar-refractivity contribution is 6.03. The van der Waals surface area contributed by atoms with Gasteiger partial charge in [-0.1, -0.05) is 45.0 Å². The standard InChI is InChI=1S/C38H50N8O6.C2H6/c1-5-27-7-6-8-29(19-27)30-20-32(42-33(47)24-46(37(51)52-38(2,3)4)23-31-9-12-39-26-41-31)35(40-21-30)36(50)45-17-15-44(16-18-45)22-28-10-13-43(14-11-28)25-34(48)49;1-2/h6-9,12,19-21,26,28H,5,10-11,13-18,22-25H2,1-4H3,(H,42,47)(H,48,49);1-2H3. The lowest BCUT2D eigenvalue weighted by molar-refractivity contribution is -0.138. The number of benzene rings is 1. The van der Waals surface area contributed by atoms with Crippen LogP contribution in [-0.4, -0.2) is 128 Å². The molecule has 292 valence electrons. The minimum absolute atomic E-state index is 0.0183. The third-order valence-corrected chi connectivity index (χ3v) is 9.26. The fraction of sp³-hybridized carbons (Fsp3) is 0.525. The van der Waals surface area contributed by atoms with Crippen LogP contribution in [0.25, 0.3) is 11.1 Å². The number of pyridine rings is 1. The molecule has 2 aliphatic heterocycles. The van der Waals surface area contributed by atoms with Crippen LogP contribution in [0.4, 0.5) is 10.5 Å². The van der Waals surface area contributed by atoms with Gasteiger partial charge in [-0.2, -0.15) is 0 Å². The molecule has 2 fully saturated rings. The summed E-state index contributed by atoms with van der Waals surface area (Å²) in [5, 5.41) is 12.0. The van der Waals surface area contributed by atoms with E-state index in [-0.39, 0.29) is 36.9 Å². The maximum Gasteiger partial charge on any atom is 0.411 e. The van der Waals surface area contributed by atoms with Gasteiger partial charge in [0.2, 0.25) is 5.91 Å². The fourth-order valence-corrected chi connectivity index (χ4v) is 6.51. The minimum Gasteiger partial charge on any atom is -0.480 e. The summed E-state index contributed by atoms with van der Waals surface area (Å²) < 4.78 is 5.60. The number of carboxylic acids is 1. The molecule has 4 heterocycles. The van der Waals surface area contributed by atoms with Gasteiger partial charge in [-0.15, -0.1) is 0 Å². The average molecular weight is 745 g/mol. The van der Waals surface area contributed by atoms with Crippen LogP contribution < -0.4 is 5.32 Å². The van der Waals surface area contributed by atoms with Gasteiger partial charge in [0.1, 0.15) is 18.5 Å². The van der Waals surface area contributed by atoms with Gasteiger partial charge in [-0.3, -0.25) is 29.1 Å². The number of aryl methyl sites for hydroxylation is 1. The van der Waals surface area contributed by atoms with Gasteiger partial charge < -0.3 is 20.1 Å². The number of piperidine rings is 1. The van der Waals surface area contributed by atoms with E-state index in [1.807, 2.05) is 36.9 Å². The van der Waals surface area contributed by atoms with Crippen LogP contribution in [-0.2, 0) is 27.3 Å². The number of piperazine rings is 1. The molecule has 14 heteroatoms. The number of amides is 3. The molecule has 54 heavy (non-hydrogen) atoms. The molecule has 0 bridgehead atoms. The van der Waals surface area contributed by atoms with Gasteiger partial charge in [0, 0.05) is 50.7 Å². The highest BCUT2D eigenvalue weighted by Crippen LogP contribution is 2.27. The molecule has 1 aromatic carbocycles. The van der Waals surface area contributed by atoms with E-state index in [1.54, 1.807) is 50.2 Å². The Morgan fingerprint density at radius 1 is 0.944 bits per heavy atom. The maximum atomic E-state index is 14.0. The molecule has 2 saturated heterocycles. The number of hydrogen-bond acceptors (Lipinski definition) is 10. The summed E-state index contributed by atoms with van der Waals surface area (Å²) in [5.41, 5.74) is 2.93. The summed E-state index contributed by atoms with van der Waals surface area (Å²) in [6.45, 7) is 16.0. The Morgan fingerprint density at radius 2 is 1.67 bits per heavy atom. The molecule has 0 unspecified atom stereocenters. The lowest BCUT2D eigenvalue weighted by Crippen LogP contribution is -2.51. The summed E-state index contributed by atoms with van der Waals surface area (Å²) in [5.74, 6) is -1.10. The van der Waals surface area contributed by atoms with E-state index in [0.717, 1.165) is 55.6 Å². The van der Waals surface area contributed by atoms with Crippen molar-refractivity contribution in [3.05, 3.63) is 72.1 Å². The van der Waals surface area contributed by atoms with Crippen molar-refractivity contribution < 1.29 is 29.0 Å². The Kier molecular flexibility index (Phi) is 15.4. The van der Waals surface area contributed by atoms with Gasteiger partial charge in [-0.05, 0) is 82.3 Å². The largest absolute Gasteiger partial charge is 0.480 e. The number of rotatable bonds is 12. The van der Waals surface area contributed by atoms with Gasteiger partial charge in [-0.25, -0.2) is 19.7 Å². The third-order valence-electron chi connectivity index (χ3n) is 9.26. The van der Waals surface area contributed by atoms with Crippen molar-refractivity contribution >= 4 is 29.6 Å². The molecule has 2 aromatic heterocycles. The second-order valence-corrected chi connectivity index (χ2v) is 14.5. The second kappa shape index (κ2) is 19.9. The minimum atomic E-state index is -0.793. The van der Waals surface area contributed by atoms with E-state index in [9.17, 15) is 19.2 Å². The predicted molar refractivity (Wildman–Crippen MR) is 207 cm³/mol. The summed E-state index contributed by atoms with van der Waals surface area (Å²) in [6, 6.07) is 11.5. The van der Waals surface area contributed by atoms with E-state index in [0.29, 0.717) is 37.8 Å². The van der Waals surface area contributed by atoms with Crippen LogP contribution in [0.15, 0.2) is 55.1 Å². The van der Waals surface area contributed by atoms with Gasteiger partial charge in [0.15, 0.2) is 5.69 Å². The summed E-state index contributed by atoms with van der Waals surface area (Å²) in [6.07, 6.45) is 6.68. The van der Waals surface area contributed by atoms with Crippen LogP contribution in [0.2, 0.25) is 0 Å². The number of likely N-dealkylation sites (tertiary alicyclic amines) is 1. The molecule has 5 rings (SSSR count). The smallest absolute Gasteiger partial charge is 0.411 e. The molecule has 0 atom stereocenters. The number of aliphatic carboxylic acids is 1. The molecule has 3 amide bonds. The predicted octanol–water partition coefficient (Wildman–Crippen LogP) is 5.06. The number of aromatic nitrogens is 3. The Balaban J connectivity index is 0.00000319. The first-order valence-corrected chi connectivity index (χ1v) is 18.9. The normalized spacial score (nSPS) is 15.5. The van der Waals surface area contributed by atoms with Crippen molar-refractivity contribution in [2.24, 2.45) is 5.92 Å². The summed E-state index contributed by atoms with van der Waals surface area (Å²) in [7, 11) is 0. The van der Waals surface area contributed by atoms with Crippen LogP contribution in [0, 0.1) is 5.92 Å². The van der Waals surface area contributed by atoms with Crippen molar-refractivity contribution in [3.8, 4) is 11.1 Å². The van der Waals surface area contributed by atoms with Crippen LogP contribution >= 0.6 is 0 Å². The van der Waals surface area contributed by atoms with Gasteiger partial charge in [0.05, 0.1) is 24.5 Å². The van der Waals surface area contributed by atoms with Crippen molar-refractivity contribution in [1.29, 1.82) is 0 Å². The molecular formula is C40H56N8O6. The topological polar surface area (TPSA) is 161 Å². The summed E-state index contributed by atoms with van der Waals surface area (Å²) >= 11 is 0. The van der Waals surface area contributed by atoms with E-state index in [1.165, 1.54) is 11.2 Å². The quantitative estimate of drug-likeness (QED) is 0.255. The molecular weight excluding hydrogens is 688 g/mol. The molecule has 3 aromatic rings. The number of carbonyl (C=O) groups excluding carboxylic acids is 3. The molecule has 2 N–H and O–H groups in total. The first kappa shape index (κ1) is 41.8. The van der Waals surface area contributed by atoms with Crippen LogP contribution in [0.5, 0.6) is 0 Å². The lowest BCUT2D eigenvalue weighted by Gasteiger charge is -2.38. The van der Waals surface area contributed by atoms with Crippen LogP contribution in [0.1, 0.15) is 76.1 Å². The molecule has 2 aliphatic rings. The number of nitrogens with one attached hydrogen (secondary N) is 1. The lowest BCUT2D eigenvalue weighted by atomic mass is 9.96. The monoisotopic (exact) mass is 744 g/mol. The van der Waals surface area contributed by atoms with E-state index in [2.05, 4.69) is 38.2 Å². The fourth-order valence-electron chi connectivity index (χ4n) is 6.51. The highest BCUT2D eigenvalue weighted by Gasteiger charge is 2.30. The Morgan fingerprint density at radius 3 is 2.30 bits per heavy atom. The first-order valence-electron chi connectivity index (χ1n) is 18.9. The molecule has 0 spiro atoms. The average Bonchev–Trinajstić information content (AvgIpc) is 3.16. The number of hydrogen-bond donors (Lipinski definition) is 2. The highest BCUT2D eigenvalue weighted by atomic mass is 16.6. The molecule has 0 saturated carbocycles. The van der Waals surface area contributed by atoms with Crippen molar-refractivity contribution in [2.75, 3.05) is 64.2 Å². The van der Waals surface area contributed by atoms with Crippen LogP contribution in [0.3, 0.4) is 0 Å². The SMILES string of the molecule is CC.CCc1cccc(-c2cnc(C(=O)N3CCN(CC4CCN(CC(=O)O)CC4)CC3)c(NC(=O)CN(Cc3ccncn3)C(=O)OC(C)(C)C)c2)c1. The zero-order chi connectivity index (χ0) is 39.3. The molecule has 0 radical (unpaired) electrons. The first-order chi connectivity index (χ1) is 25.9. The maximum absolute atomic E-state index is 14.0. The zero-order valence-corrected chi connectivity index (χ0v) is 32.6. The van der Waals surface area contributed by atoms with E-state index >= 15 is 0 Å². The number of anilines is 1. The van der Waals surface area contributed by atoms with Crippen molar-refractivity contribution in [1.82, 2.24) is 34.6 Å². The number of carbonyl (C=O) groups is 4. The Hall–Kier alpha value is -4.95. The van der Waals surface area contributed by atoms with Gasteiger partial charge in [0.25, 0.3) is 5.91 Å². The number of carboxylic acid groups (broad SMARTS) is 1. The molecule has 14 nitrogen and oxygen atoms in total. The third kappa shape index (κ3) is 12.6. The Bertz CT molecular complexity index is 1700. The second-order valence-electron chi connectivity index (χ2n) is 14.5. The number of nitrogens with zero attached hydrogens (tertiary/aromatic N) is 7. The number of ether oxygens (including phenoxy) is 1. The van der Waals surface area contributed by atoms with Crippen molar-refractivity contribution in [2.45, 2.75) is 73.0 Å². The summed E-state index contributed by atoms with van der Waals surface area (Å²) in [4.78, 5) is 72.2. The molecule has 0 aliphatic carbocycles. The van der Waals surface area contributed by atoms with E-state index in [4.69, 9.17) is 9.84 Å². The van der Waals surface area contributed by atoms with E-state index < -0.39 is 23.6 Å². The van der Waals surface area contributed by atoms with Gasteiger partial charge >= 0.3 is 12.1 Å². The van der Waals surface area contributed by atoms with Crippen molar-refractivity contribution in [3.63, 3.8) is 0 Å². The Labute approximate surface area is 318 Å². The zero-order valence-electron chi connectivity index (χ0n) is 32.6.